The highest BCUT2D eigenvalue weighted by atomic mass is 16.5. The van der Waals surface area contributed by atoms with Crippen LogP contribution in [0.3, 0.4) is 0 Å². The first kappa shape index (κ1) is 33.4. The van der Waals surface area contributed by atoms with Crippen molar-refractivity contribution < 1.29 is 29.0 Å². The standard InChI is InChI=1S/C32H50N4O6/c1-4-22(3)28-32(41)36-20-13-12-18-27(36)31(40)34-25(17-11-6-8-14-23(37)5-2)29(38)33-26(30(39)35-28)19-21-42-24-15-9-7-10-16-24/h7,9-10,15-16,22-23,25-28,37H,4-6,8,11-14,17-21H2,1-3H3,(H,33,38)(H,34,40)(H,35,39)/t22?,23?,25-,26-,27+,28-/m0/s1. The van der Waals surface area contributed by atoms with E-state index in [0.717, 1.165) is 25.7 Å². The number of nitrogens with zero attached hydrogens (tertiary/aromatic N) is 1. The van der Waals surface area contributed by atoms with Gasteiger partial charge in [-0.2, -0.15) is 0 Å². The molecule has 2 aliphatic heterocycles. The molecular weight excluding hydrogens is 536 g/mol. The van der Waals surface area contributed by atoms with Crippen molar-refractivity contribution in [1.29, 1.82) is 0 Å². The summed E-state index contributed by atoms with van der Waals surface area (Å²) in [6, 6.07) is 5.94. The molecule has 3 rings (SSSR count). The second kappa shape index (κ2) is 17.1. The first-order valence-corrected chi connectivity index (χ1v) is 15.8. The van der Waals surface area contributed by atoms with Crippen LogP contribution < -0.4 is 20.7 Å². The third-order valence-corrected chi connectivity index (χ3v) is 8.55. The van der Waals surface area contributed by atoms with Gasteiger partial charge in [0.15, 0.2) is 0 Å². The molecule has 6 atom stereocenters. The molecule has 4 N–H and O–H groups in total. The molecule has 4 amide bonds. The monoisotopic (exact) mass is 586 g/mol. The van der Waals surface area contributed by atoms with Crippen LogP contribution in [0.5, 0.6) is 5.75 Å². The summed E-state index contributed by atoms with van der Waals surface area (Å²) < 4.78 is 5.82. The van der Waals surface area contributed by atoms with E-state index in [-0.39, 0.29) is 36.9 Å². The molecule has 0 bridgehead atoms. The van der Waals surface area contributed by atoms with Gasteiger partial charge in [0.05, 0.1) is 12.7 Å². The Morgan fingerprint density at radius 2 is 1.57 bits per heavy atom. The summed E-state index contributed by atoms with van der Waals surface area (Å²) in [6.45, 7) is 6.42. The average molecular weight is 587 g/mol. The lowest BCUT2D eigenvalue weighted by Crippen LogP contribution is -2.64. The van der Waals surface area contributed by atoms with Crippen LogP contribution in [0.2, 0.25) is 0 Å². The number of unbranched alkanes of at least 4 members (excludes halogenated alkanes) is 2. The highest BCUT2D eigenvalue weighted by Gasteiger charge is 2.40. The summed E-state index contributed by atoms with van der Waals surface area (Å²) in [6.07, 6.45) is 6.71. The van der Waals surface area contributed by atoms with E-state index in [9.17, 15) is 24.3 Å². The molecule has 2 saturated heterocycles. The van der Waals surface area contributed by atoms with Gasteiger partial charge in [-0.05, 0) is 56.6 Å². The fourth-order valence-corrected chi connectivity index (χ4v) is 5.58. The Balaban J connectivity index is 1.82. The number of carbonyl (C=O) groups excluding carboxylic acids is 4. The van der Waals surface area contributed by atoms with Crippen LogP contribution in [0.25, 0.3) is 0 Å². The molecule has 42 heavy (non-hydrogen) atoms. The van der Waals surface area contributed by atoms with Gasteiger partial charge in [0.25, 0.3) is 0 Å². The van der Waals surface area contributed by atoms with E-state index in [2.05, 4.69) is 16.0 Å². The zero-order chi connectivity index (χ0) is 30.5. The molecule has 0 radical (unpaired) electrons. The van der Waals surface area contributed by atoms with Gasteiger partial charge in [0.1, 0.15) is 29.9 Å². The van der Waals surface area contributed by atoms with Gasteiger partial charge in [-0.1, -0.05) is 64.7 Å². The summed E-state index contributed by atoms with van der Waals surface area (Å²) >= 11 is 0. The first-order chi connectivity index (χ1) is 20.2. The van der Waals surface area contributed by atoms with Crippen molar-refractivity contribution in [2.45, 2.75) is 122 Å². The Labute approximate surface area is 250 Å². The molecule has 2 aliphatic rings. The molecular formula is C32H50N4O6. The average Bonchev–Trinajstić information content (AvgIpc) is 3.01. The molecule has 0 saturated carbocycles. The number of rotatable bonds is 13. The summed E-state index contributed by atoms with van der Waals surface area (Å²) in [5.74, 6) is -0.957. The number of hydrogen-bond donors (Lipinski definition) is 4. The van der Waals surface area contributed by atoms with Gasteiger partial charge in [-0.25, -0.2) is 0 Å². The molecule has 2 unspecified atom stereocenters. The highest BCUT2D eigenvalue weighted by Crippen LogP contribution is 2.22. The lowest BCUT2D eigenvalue weighted by atomic mass is 9.93. The molecule has 1 aromatic carbocycles. The molecule has 2 fully saturated rings. The van der Waals surface area contributed by atoms with E-state index < -0.39 is 36.0 Å². The smallest absolute Gasteiger partial charge is 0.246 e. The molecule has 2 heterocycles. The van der Waals surface area contributed by atoms with Crippen LogP contribution >= 0.6 is 0 Å². The maximum absolute atomic E-state index is 13.9. The maximum atomic E-state index is 13.9. The largest absolute Gasteiger partial charge is 0.494 e. The number of ether oxygens (including phenoxy) is 1. The minimum Gasteiger partial charge on any atom is -0.494 e. The Morgan fingerprint density at radius 3 is 2.29 bits per heavy atom. The lowest BCUT2D eigenvalue weighted by molar-refractivity contribution is -0.147. The number of piperidine rings is 1. The van der Waals surface area contributed by atoms with Crippen molar-refractivity contribution in [3.8, 4) is 5.75 Å². The SMILES string of the molecule is CCC(O)CCCCC[C@@H]1NC(=O)[C@H]2CCCCN2C(=O)[C@H](C(C)CC)NC(=O)[C@H](CCOc2ccccc2)NC1=O. The van der Waals surface area contributed by atoms with E-state index >= 15 is 0 Å². The molecule has 0 spiro atoms. The Morgan fingerprint density at radius 1 is 0.881 bits per heavy atom. The number of carbonyl (C=O) groups is 4. The fraction of sp³-hybridized carbons (Fsp3) is 0.688. The van der Waals surface area contributed by atoms with Crippen molar-refractivity contribution in [2.75, 3.05) is 13.2 Å². The molecule has 234 valence electrons. The summed E-state index contributed by atoms with van der Waals surface area (Å²) in [7, 11) is 0. The van der Waals surface area contributed by atoms with Crippen molar-refractivity contribution in [1.82, 2.24) is 20.9 Å². The molecule has 1 aromatic rings. The van der Waals surface area contributed by atoms with Gasteiger partial charge < -0.3 is 30.7 Å². The van der Waals surface area contributed by atoms with E-state index in [4.69, 9.17) is 4.74 Å². The zero-order valence-corrected chi connectivity index (χ0v) is 25.5. The first-order valence-electron chi connectivity index (χ1n) is 15.8. The fourth-order valence-electron chi connectivity index (χ4n) is 5.58. The van der Waals surface area contributed by atoms with E-state index in [1.807, 2.05) is 51.1 Å². The van der Waals surface area contributed by atoms with Crippen LogP contribution in [0.1, 0.15) is 91.4 Å². The third-order valence-electron chi connectivity index (χ3n) is 8.55. The van der Waals surface area contributed by atoms with Gasteiger partial charge in [-0.15, -0.1) is 0 Å². The lowest BCUT2D eigenvalue weighted by Gasteiger charge is -2.39. The summed E-state index contributed by atoms with van der Waals surface area (Å²) in [4.78, 5) is 56.3. The number of aliphatic hydroxyl groups excluding tert-OH is 1. The minimum absolute atomic E-state index is 0.161. The number of aliphatic hydroxyl groups is 1. The number of fused-ring (bicyclic) bond motifs is 1. The van der Waals surface area contributed by atoms with Crippen molar-refractivity contribution in [2.24, 2.45) is 5.92 Å². The zero-order valence-electron chi connectivity index (χ0n) is 25.5. The maximum Gasteiger partial charge on any atom is 0.246 e. The van der Waals surface area contributed by atoms with Crippen molar-refractivity contribution in [3.63, 3.8) is 0 Å². The normalized spacial score (nSPS) is 25.2. The third kappa shape index (κ3) is 9.71. The number of benzene rings is 1. The Kier molecular flexibility index (Phi) is 13.6. The van der Waals surface area contributed by atoms with Crippen molar-refractivity contribution >= 4 is 23.6 Å². The van der Waals surface area contributed by atoms with Crippen LogP contribution in [0.4, 0.5) is 0 Å². The van der Waals surface area contributed by atoms with Gasteiger partial charge in [0.2, 0.25) is 23.6 Å². The number of para-hydroxylation sites is 1. The molecule has 10 nitrogen and oxygen atoms in total. The second-order valence-electron chi connectivity index (χ2n) is 11.7. The van der Waals surface area contributed by atoms with Crippen molar-refractivity contribution in [3.05, 3.63) is 30.3 Å². The van der Waals surface area contributed by atoms with Gasteiger partial charge >= 0.3 is 0 Å². The number of nitrogens with one attached hydrogen (secondary N) is 3. The minimum atomic E-state index is -0.948. The van der Waals surface area contributed by atoms with E-state index in [1.165, 1.54) is 0 Å². The number of amides is 4. The summed E-state index contributed by atoms with van der Waals surface area (Å²) in [5, 5.41) is 18.6. The highest BCUT2D eigenvalue weighted by molar-refractivity contribution is 5.97. The molecule has 10 heteroatoms. The quantitative estimate of drug-likeness (QED) is 0.262. The van der Waals surface area contributed by atoms with Crippen LogP contribution in [0.15, 0.2) is 30.3 Å². The topological polar surface area (TPSA) is 137 Å². The Bertz CT molecular complexity index is 1020. The van der Waals surface area contributed by atoms with Crippen LogP contribution in [-0.4, -0.2) is 77.1 Å². The molecule has 0 aromatic heterocycles. The van der Waals surface area contributed by atoms with Gasteiger partial charge in [0, 0.05) is 13.0 Å². The summed E-state index contributed by atoms with van der Waals surface area (Å²) in [5.41, 5.74) is 0. The second-order valence-corrected chi connectivity index (χ2v) is 11.7. The Hall–Kier alpha value is -3.14. The predicted molar refractivity (Wildman–Crippen MR) is 161 cm³/mol. The van der Waals surface area contributed by atoms with Crippen LogP contribution in [0, 0.1) is 5.92 Å². The molecule has 0 aliphatic carbocycles. The van der Waals surface area contributed by atoms with E-state index in [0.29, 0.717) is 50.8 Å². The van der Waals surface area contributed by atoms with Gasteiger partial charge in [-0.3, -0.25) is 19.2 Å². The number of hydrogen-bond acceptors (Lipinski definition) is 6. The van der Waals surface area contributed by atoms with E-state index in [1.54, 1.807) is 4.90 Å². The predicted octanol–water partition coefficient (Wildman–Crippen LogP) is 3.07. The van der Waals surface area contributed by atoms with Crippen LogP contribution in [-0.2, 0) is 19.2 Å².